The van der Waals surface area contributed by atoms with Crippen LogP contribution in [0.2, 0.25) is 0 Å². The van der Waals surface area contributed by atoms with Gasteiger partial charge in [0.15, 0.2) is 0 Å². The number of hydrogen-bond donors (Lipinski definition) is 0. The fourth-order valence-corrected chi connectivity index (χ4v) is 8.27. The molecule has 23 heavy (non-hydrogen) atoms. The standard InChI is InChI=1S/C21H17ClSi/c22-23(18-10-3-1-4-11-18,19-12-5-2-6-13-19)21-16-15-17-9-7-8-14-20(17)21/h1-16,21H. The van der Waals surface area contributed by atoms with E-state index in [1.165, 1.54) is 21.5 Å². The zero-order valence-corrected chi connectivity index (χ0v) is 14.4. The van der Waals surface area contributed by atoms with Gasteiger partial charge in [-0.25, -0.2) is 0 Å². The van der Waals surface area contributed by atoms with Crippen LogP contribution in [-0.4, -0.2) is 7.38 Å². The number of benzene rings is 3. The van der Waals surface area contributed by atoms with Crippen LogP contribution in [0.4, 0.5) is 0 Å². The minimum Gasteiger partial charge on any atom is -0.154 e. The van der Waals surface area contributed by atoms with Gasteiger partial charge in [0.05, 0.1) is 0 Å². The van der Waals surface area contributed by atoms with Gasteiger partial charge in [-0.1, -0.05) is 97.1 Å². The fraction of sp³-hybridized carbons (Fsp3) is 0.0476. The van der Waals surface area contributed by atoms with Crippen LogP contribution in [-0.2, 0) is 0 Å². The molecule has 1 unspecified atom stereocenters. The second kappa shape index (κ2) is 5.84. The minimum atomic E-state index is -2.43. The summed E-state index contributed by atoms with van der Waals surface area (Å²) in [5.41, 5.74) is 2.90. The molecule has 0 amide bonds. The van der Waals surface area contributed by atoms with Crippen LogP contribution in [0.5, 0.6) is 0 Å². The van der Waals surface area contributed by atoms with Gasteiger partial charge in [0.25, 0.3) is 0 Å². The lowest BCUT2D eigenvalue weighted by Crippen LogP contribution is -2.57. The molecule has 2 heteroatoms. The average Bonchev–Trinajstić information content (AvgIpc) is 3.07. The lowest BCUT2D eigenvalue weighted by Gasteiger charge is -2.31. The molecule has 112 valence electrons. The van der Waals surface area contributed by atoms with Gasteiger partial charge in [0.2, 0.25) is 7.38 Å². The molecule has 3 aromatic carbocycles. The van der Waals surface area contributed by atoms with Gasteiger partial charge in [0.1, 0.15) is 0 Å². The predicted molar refractivity (Wildman–Crippen MR) is 102 cm³/mol. The Bertz CT molecular complexity index is 800. The summed E-state index contributed by atoms with van der Waals surface area (Å²) in [7, 11) is -2.43. The Labute approximate surface area is 142 Å². The van der Waals surface area contributed by atoms with E-state index in [2.05, 4.69) is 97.1 Å². The molecular formula is C21H17ClSi. The molecule has 1 aliphatic carbocycles. The molecule has 0 radical (unpaired) electrons. The lowest BCUT2D eigenvalue weighted by atomic mass is 10.1. The SMILES string of the molecule is Cl[Si](c1ccccc1)(c1ccccc1)C1C=Cc2ccccc21. The molecule has 0 saturated carbocycles. The molecule has 1 aliphatic rings. The van der Waals surface area contributed by atoms with Gasteiger partial charge in [-0.3, -0.25) is 0 Å². The largest absolute Gasteiger partial charge is 0.228 e. The maximum Gasteiger partial charge on any atom is 0.228 e. The summed E-state index contributed by atoms with van der Waals surface area (Å²) in [6.45, 7) is 0. The quantitative estimate of drug-likeness (QED) is 0.494. The first kappa shape index (κ1) is 14.5. The van der Waals surface area contributed by atoms with Gasteiger partial charge < -0.3 is 0 Å². The van der Waals surface area contributed by atoms with E-state index in [0.717, 1.165) is 0 Å². The summed E-state index contributed by atoms with van der Waals surface area (Å²) in [6.07, 6.45) is 4.51. The van der Waals surface area contributed by atoms with Crippen LogP contribution in [0.25, 0.3) is 6.08 Å². The average molecular weight is 333 g/mol. The van der Waals surface area contributed by atoms with E-state index in [0.29, 0.717) is 0 Å². The first-order valence-corrected chi connectivity index (χ1v) is 11.0. The first-order chi connectivity index (χ1) is 11.3. The fourth-order valence-electron chi connectivity index (χ4n) is 3.48. The summed E-state index contributed by atoms with van der Waals surface area (Å²) in [6, 6.07) is 29.8. The van der Waals surface area contributed by atoms with E-state index in [1.807, 2.05) is 0 Å². The topological polar surface area (TPSA) is 0 Å². The molecule has 3 aromatic rings. The minimum absolute atomic E-state index is 0.255. The Morgan fingerprint density at radius 2 is 1.17 bits per heavy atom. The molecule has 0 aromatic heterocycles. The van der Waals surface area contributed by atoms with Crippen molar-refractivity contribution in [3.8, 4) is 0 Å². The van der Waals surface area contributed by atoms with Gasteiger partial charge in [0, 0.05) is 5.54 Å². The molecule has 0 saturated heterocycles. The Balaban J connectivity index is 1.93. The van der Waals surface area contributed by atoms with E-state index >= 15 is 0 Å². The Morgan fingerprint density at radius 1 is 0.652 bits per heavy atom. The van der Waals surface area contributed by atoms with Crippen LogP contribution in [0.1, 0.15) is 16.7 Å². The van der Waals surface area contributed by atoms with Gasteiger partial charge in [-0.05, 0) is 21.5 Å². The molecule has 1 atom stereocenters. The highest BCUT2D eigenvalue weighted by Crippen LogP contribution is 2.38. The monoisotopic (exact) mass is 332 g/mol. The highest BCUT2D eigenvalue weighted by Gasteiger charge is 2.45. The van der Waals surface area contributed by atoms with E-state index in [4.69, 9.17) is 11.1 Å². The molecule has 0 bridgehead atoms. The van der Waals surface area contributed by atoms with E-state index in [9.17, 15) is 0 Å². The molecule has 0 fully saturated rings. The lowest BCUT2D eigenvalue weighted by molar-refractivity contribution is 1.21. The van der Waals surface area contributed by atoms with Crippen molar-refractivity contribution in [3.63, 3.8) is 0 Å². The molecule has 0 spiro atoms. The van der Waals surface area contributed by atoms with E-state index < -0.39 is 7.38 Å². The summed E-state index contributed by atoms with van der Waals surface area (Å²) >= 11 is 7.51. The predicted octanol–water partition coefficient (Wildman–Crippen LogP) is 4.33. The highest BCUT2D eigenvalue weighted by atomic mass is 35.6. The molecule has 0 heterocycles. The van der Waals surface area contributed by atoms with Crippen molar-refractivity contribution < 1.29 is 0 Å². The van der Waals surface area contributed by atoms with Crippen LogP contribution in [0, 0.1) is 0 Å². The van der Waals surface area contributed by atoms with Gasteiger partial charge >= 0.3 is 0 Å². The van der Waals surface area contributed by atoms with Crippen molar-refractivity contribution in [1.82, 2.24) is 0 Å². The second-order valence-electron chi connectivity index (χ2n) is 5.91. The third kappa shape index (κ3) is 2.37. The van der Waals surface area contributed by atoms with E-state index in [-0.39, 0.29) is 5.54 Å². The van der Waals surface area contributed by atoms with Gasteiger partial charge in [-0.2, -0.15) is 11.1 Å². The van der Waals surface area contributed by atoms with E-state index in [1.54, 1.807) is 0 Å². The summed E-state index contributed by atoms with van der Waals surface area (Å²) < 4.78 is 0. The summed E-state index contributed by atoms with van der Waals surface area (Å²) in [5, 5.41) is 2.53. The Kier molecular flexibility index (Phi) is 3.68. The van der Waals surface area contributed by atoms with Gasteiger partial charge in [-0.15, -0.1) is 0 Å². The van der Waals surface area contributed by atoms with Crippen molar-refractivity contribution >= 4 is 34.9 Å². The van der Waals surface area contributed by atoms with Crippen molar-refractivity contribution in [1.29, 1.82) is 0 Å². The van der Waals surface area contributed by atoms with Crippen molar-refractivity contribution in [2.24, 2.45) is 0 Å². The Hall–Kier alpha value is -2.09. The number of allylic oxidation sites excluding steroid dienone is 1. The molecule has 0 N–H and O–H groups in total. The van der Waals surface area contributed by atoms with Crippen LogP contribution < -0.4 is 10.4 Å². The van der Waals surface area contributed by atoms with Crippen molar-refractivity contribution in [3.05, 3.63) is 102 Å². The zero-order chi connectivity index (χ0) is 15.7. The molecule has 0 nitrogen and oxygen atoms in total. The van der Waals surface area contributed by atoms with Crippen molar-refractivity contribution in [2.75, 3.05) is 0 Å². The third-order valence-corrected chi connectivity index (χ3v) is 10.3. The van der Waals surface area contributed by atoms with Crippen molar-refractivity contribution in [2.45, 2.75) is 5.54 Å². The first-order valence-electron chi connectivity index (χ1n) is 7.87. The highest BCUT2D eigenvalue weighted by molar-refractivity contribution is 7.34. The zero-order valence-electron chi connectivity index (χ0n) is 12.7. The molecular weight excluding hydrogens is 316 g/mol. The number of hydrogen-bond acceptors (Lipinski definition) is 0. The number of halogens is 1. The number of fused-ring (bicyclic) bond motifs is 1. The molecule has 0 aliphatic heterocycles. The normalized spacial score (nSPS) is 16.3. The summed E-state index contributed by atoms with van der Waals surface area (Å²) in [5.74, 6) is 0. The smallest absolute Gasteiger partial charge is 0.154 e. The van der Waals surface area contributed by atoms with Crippen LogP contribution >= 0.6 is 11.1 Å². The van der Waals surface area contributed by atoms with Crippen LogP contribution in [0.15, 0.2) is 91.0 Å². The van der Waals surface area contributed by atoms with Crippen LogP contribution in [0.3, 0.4) is 0 Å². The maximum atomic E-state index is 7.51. The molecule has 4 rings (SSSR count). The second-order valence-corrected chi connectivity index (χ2v) is 10.9. The number of rotatable bonds is 3. The maximum absolute atomic E-state index is 7.51. The Morgan fingerprint density at radius 3 is 1.78 bits per heavy atom. The summed E-state index contributed by atoms with van der Waals surface area (Å²) in [4.78, 5) is 0. The third-order valence-electron chi connectivity index (χ3n) is 4.62.